The minimum atomic E-state index is -1.77. The lowest BCUT2D eigenvalue weighted by atomic mass is 9.78. The van der Waals surface area contributed by atoms with Crippen LogP contribution >= 0.6 is 107 Å². The summed E-state index contributed by atoms with van der Waals surface area (Å²) < 4.78 is 51.9. The molecule has 2 N–H and O–H groups in total. The van der Waals surface area contributed by atoms with Gasteiger partial charge in [0.1, 0.15) is 11.2 Å². The monoisotopic (exact) mass is 2130 g/mol. The van der Waals surface area contributed by atoms with E-state index in [1.54, 1.807) is 45.3 Å². The van der Waals surface area contributed by atoms with Crippen LogP contribution in [-0.4, -0.2) is 101 Å². The summed E-state index contributed by atoms with van der Waals surface area (Å²) in [5.74, 6) is -0.669. The second-order valence-electron chi connectivity index (χ2n) is 40.0. The number of benzene rings is 5. The molecule has 0 aliphatic rings. The van der Waals surface area contributed by atoms with Gasteiger partial charge in [0, 0.05) is 68.1 Å². The van der Waals surface area contributed by atoms with Crippen LogP contribution in [0.2, 0.25) is 78.6 Å². The van der Waals surface area contributed by atoms with Gasteiger partial charge in [-0.2, -0.15) is 0 Å². The molecule has 13 rings (SSSR count). The lowest BCUT2D eigenvalue weighted by Gasteiger charge is -2.31. The van der Waals surface area contributed by atoms with Crippen LogP contribution < -0.4 is 18.0 Å². The third-order valence-corrected chi connectivity index (χ3v) is 49.5. The second-order valence-corrected chi connectivity index (χ2v) is 71.0. The molecule has 5 aromatic carbocycles. The van der Waals surface area contributed by atoms with Crippen LogP contribution in [0.3, 0.4) is 0 Å². The SMILES string of the molecule is CCCCCCOCc1ccc(Br)cc1.CCCCCCOCc1ccc(C(O)(c2ccc(COCCCCCC)cc2)c2c(-c3ccc([Si](C)(C)C)s3)sc3c(C(O)(c4ccc(COCCCCCC)cc4)c4ccc(COCCCCCC)cc4)c(-c4ccc([Si](C)(C)C)s4)sc23)cc1.CCOC(=O)c1c(-c2ccc([Si](C)(C)C)s2)sc2c(C(=O)OCC)c(-c3ccc([Si](C)(C)C)s3)sc12. The van der Waals surface area contributed by atoms with E-state index in [0.717, 1.165) is 183 Å². The standard InChI is InChI=1S/C74H100O6S4Si2.C26H32O4S4Si2.C13H19BrO/c1-11-15-19-23-47-77-51-55-27-35-59(36-28-55)73(75,60-37-29-56(30-38-60)52-78-48-24-20-16-12-2)67-69(63-43-45-65(81-63)85(5,6)7)83-72-68(70(84-71(67)72)64-44-46-66(82-64)86(8,9)10)74(76,61-39-31-57(32-40-61)53-79-49-25-21-17-13-3)62-41-33-58(34-42-62)54-80-50-26-22-18-14-4;1-9-29-25(27)19-21(15-11-13-17(31-15)35(3,4)5)33-24-20(26(28)30-10-2)22(34-23(19)24)16-12-14-18(32-16)36(6,7)8;1-2-3-4-5-10-15-11-12-6-8-13(14)9-7-12/h27-46,75-76H,11-26,47-54H2,1-10H3;11-14H,9-10H2,1-8H3;6-9H,2-5,10-11H2,1H3. The fourth-order valence-electron chi connectivity index (χ4n) is 16.4. The van der Waals surface area contributed by atoms with Crippen molar-refractivity contribution in [2.75, 3.05) is 46.2 Å². The summed E-state index contributed by atoms with van der Waals surface area (Å²) in [6.45, 7) is 50.4. The highest BCUT2D eigenvalue weighted by Gasteiger charge is 2.46. The molecule has 24 heteroatoms. The Morgan fingerprint density at radius 2 is 0.496 bits per heavy atom. The summed E-state index contributed by atoms with van der Waals surface area (Å²) in [5, 5.41) is 29.4. The van der Waals surface area contributed by atoms with Gasteiger partial charge in [0.05, 0.1) is 128 Å². The third-order valence-electron chi connectivity index (χ3n) is 24.5. The van der Waals surface area contributed by atoms with Crippen LogP contribution in [0, 0.1) is 0 Å². The van der Waals surface area contributed by atoms with Gasteiger partial charge in [0.25, 0.3) is 0 Å². The maximum absolute atomic E-state index is 14.7. The fraction of sp³-hybridized carbons (Fsp3) is 0.469. The van der Waals surface area contributed by atoms with Crippen molar-refractivity contribution in [3.05, 3.63) is 247 Å². The molecule has 0 spiro atoms. The van der Waals surface area contributed by atoms with E-state index >= 15 is 0 Å². The Morgan fingerprint density at radius 3 is 0.708 bits per heavy atom. The third kappa shape index (κ3) is 30.2. The first-order valence-electron chi connectivity index (χ1n) is 50.1. The summed E-state index contributed by atoms with van der Waals surface area (Å²) in [5.41, 5.74) is 8.22. The van der Waals surface area contributed by atoms with Crippen molar-refractivity contribution in [1.82, 2.24) is 0 Å². The van der Waals surface area contributed by atoms with Crippen molar-refractivity contribution in [2.45, 2.75) is 300 Å². The van der Waals surface area contributed by atoms with E-state index in [4.69, 9.17) is 33.2 Å². The van der Waals surface area contributed by atoms with E-state index < -0.39 is 43.5 Å². The van der Waals surface area contributed by atoms with Crippen molar-refractivity contribution >= 4 is 188 Å². The molecule has 0 radical (unpaired) electrons. The van der Waals surface area contributed by atoms with Gasteiger partial charge in [-0.3, -0.25) is 0 Å². The predicted octanol–water partition coefficient (Wildman–Crippen LogP) is 32.9. The molecule has 8 aromatic heterocycles. The molecule has 0 saturated heterocycles. The molecule has 0 atom stereocenters. The Morgan fingerprint density at radius 1 is 0.277 bits per heavy atom. The molecule has 0 amide bonds. The Bertz CT molecular complexity index is 5400. The highest BCUT2D eigenvalue weighted by Crippen LogP contribution is 2.60. The quantitative estimate of drug-likeness (QED) is 0.0214. The van der Waals surface area contributed by atoms with Gasteiger partial charge >= 0.3 is 11.9 Å². The summed E-state index contributed by atoms with van der Waals surface area (Å²) >= 11 is 17.1. The molecular weight excluding hydrogens is 1980 g/mol. The summed E-state index contributed by atoms with van der Waals surface area (Å²) in [6.07, 6.45) is 23.6. The number of unbranched alkanes of at least 4 members (excludes halogenated alkanes) is 15. The van der Waals surface area contributed by atoms with Gasteiger partial charge in [-0.25, -0.2) is 9.59 Å². The number of fused-ring (bicyclic) bond motifs is 2. The van der Waals surface area contributed by atoms with E-state index in [2.05, 4.69) is 299 Å². The van der Waals surface area contributed by atoms with Gasteiger partial charge in [-0.05, 0) is 150 Å². The van der Waals surface area contributed by atoms with Crippen LogP contribution in [0.4, 0.5) is 0 Å². The number of aliphatic hydroxyl groups is 2. The smallest absolute Gasteiger partial charge is 0.341 e. The van der Waals surface area contributed by atoms with E-state index in [-0.39, 0.29) is 11.9 Å². The highest BCUT2D eigenvalue weighted by atomic mass is 79.9. The van der Waals surface area contributed by atoms with Crippen molar-refractivity contribution in [1.29, 1.82) is 0 Å². The van der Waals surface area contributed by atoms with E-state index in [0.29, 0.717) is 50.8 Å². The molecule has 11 nitrogen and oxygen atoms in total. The van der Waals surface area contributed by atoms with Gasteiger partial charge in [0.15, 0.2) is 0 Å². The first-order valence-corrected chi connectivity index (χ1v) is 71.5. The van der Waals surface area contributed by atoms with Gasteiger partial charge in [-0.15, -0.1) is 90.7 Å². The van der Waals surface area contributed by atoms with Crippen molar-refractivity contribution in [3.8, 4) is 39.0 Å². The molecule has 137 heavy (non-hydrogen) atoms. The first-order chi connectivity index (χ1) is 65.7. The zero-order valence-electron chi connectivity index (χ0n) is 85.0. The van der Waals surface area contributed by atoms with Crippen LogP contribution in [0.1, 0.15) is 259 Å². The van der Waals surface area contributed by atoms with Crippen molar-refractivity contribution in [2.24, 2.45) is 0 Å². The second kappa shape index (κ2) is 53.7. The Labute approximate surface area is 864 Å². The summed E-state index contributed by atoms with van der Waals surface area (Å²) in [4.78, 5) is 34.8. The molecule has 0 unspecified atom stereocenters. The zero-order valence-corrected chi connectivity index (χ0v) is 97.1. The van der Waals surface area contributed by atoms with E-state index in [1.807, 2.05) is 36.5 Å². The molecule has 8 heterocycles. The van der Waals surface area contributed by atoms with E-state index in [1.165, 1.54) is 149 Å². The molecule has 0 aliphatic heterocycles. The average Bonchev–Trinajstić information content (AvgIpc) is 1.54. The number of halogens is 1. The van der Waals surface area contributed by atoms with Crippen LogP contribution in [0.25, 0.3) is 57.8 Å². The average molecular weight is 2130 g/mol. The van der Waals surface area contributed by atoms with Gasteiger partial charge in [0.2, 0.25) is 0 Å². The molecule has 13 aromatic rings. The largest absolute Gasteiger partial charge is 0.462 e. The number of carbonyl (C=O) groups excluding carboxylic acids is 2. The van der Waals surface area contributed by atoms with Gasteiger partial charge < -0.3 is 43.4 Å². The number of hydrogen-bond acceptors (Lipinski definition) is 19. The Kier molecular flexibility index (Phi) is 43.7. The minimum Gasteiger partial charge on any atom is -0.462 e. The number of thiophene rings is 8. The number of esters is 2. The number of hydrogen-bond donors (Lipinski definition) is 2. The first kappa shape index (κ1) is 112. The normalized spacial score (nSPS) is 12.3. The summed E-state index contributed by atoms with van der Waals surface area (Å²) in [7, 11) is -6.52. The van der Waals surface area contributed by atoms with Crippen LogP contribution in [0.5, 0.6) is 0 Å². The topological polar surface area (TPSA) is 139 Å². The Balaban J connectivity index is 0.000000286. The molecule has 0 aliphatic carbocycles. The number of ether oxygens (including phenoxy) is 7. The van der Waals surface area contributed by atoms with Crippen molar-refractivity contribution in [3.63, 3.8) is 0 Å². The Hall–Kier alpha value is -5.77. The molecular formula is C113H151BrO11S8Si4. The zero-order chi connectivity index (χ0) is 98.5. The van der Waals surface area contributed by atoms with Crippen LogP contribution in [0.15, 0.2) is 174 Å². The molecule has 0 bridgehead atoms. The molecule has 740 valence electrons. The van der Waals surface area contributed by atoms with Crippen molar-refractivity contribution < 1.29 is 53.0 Å². The lowest BCUT2D eigenvalue weighted by Crippen LogP contribution is -2.34. The summed E-state index contributed by atoms with van der Waals surface area (Å²) in [6, 6.07) is 60.2. The maximum atomic E-state index is 14.7. The highest BCUT2D eigenvalue weighted by molar-refractivity contribution is 9.10. The lowest BCUT2D eigenvalue weighted by molar-refractivity contribution is 0.0519. The maximum Gasteiger partial charge on any atom is 0.341 e. The van der Waals surface area contributed by atoms with Gasteiger partial charge in [-0.1, -0.05) is 359 Å². The number of carbonyl (C=O) groups is 2. The fourth-order valence-corrected chi connectivity index (χ4v) is 34.6. The van der Waals surface area contributed by atoms with Crippen LogP contribution in [-0.2, 0) is 77.4 Å². The predicted molar refractivity (Wildman–Crippen MR) is 610 cm³/mol. The van der Waals surface area contributed by atoms with E-state index in [9.17, 15) is 19.8 Å². The number of rotatable bonds is 53. The molecule has 0 saturated carbocycles. The minimum absolute atomic E-state index is 0.299. The molecule has 0 fully saturated rings.